The maximum Gasteiger partial charge on any atom is 0.337 e. The molecule has 0 atom stereocenters. The van der Waals surface area contributed by atoms with E-state index in [4.69, 9.17) is 9.47 Å². The third-order valence-corrected chi connectivity index (χ3v) is 3.38. The lowest BCUT2D eigenvalue weighted by Crippen LogP contribution is -2.20. The molecule has 0 unspecified atom stereocenters. The summed E-state index contributed by atoms with van der Waals surface area (Å²) in [6, 6.07) is 5.41. The molecule has 0 amide bonds. The molecule has 0 fully saturated rings. The number of methoxy groups -OCH3 is 2. The Balaban J connectivity index is 2.32. The number of rotatable bonds is 9. The summed E-state index contributed by atoms with van der Waals surface area (Å²) >= 11 is 3.45. The van der Waals surface area contributed by atoms with Crippen LogP contribution in [0.3, 0.4) is 0 Å². The third kappa shape index (κ3) is 6.00. The van der Waals surface area contributed by atoms with Crippen LogP contribution in [-0.2, 0) is 20.8 Å². The van der Waals surface area contributed by atoms with Crippen LogP contribution in [0.2, 0.25) is 0 Å². The summed E-state index contributed by atoms with van der Waals surface area (Å²) in [5, 5.41) is 3.27. The Kier molecular flexibility index (Phi) is 8.45. The molecule has 0 aliphatic heterocycles. The molecule has 0 aliphatic carbocycles. The Morgan fingerprint density at radius 1 is 1.25 bits per heavy atom. The minimum atomic E-state index is -0.336. The van der Waals surface area contributed by atoms with E-state index in [1.165, 1.54) is 7.11 Å². The smallest absolute Gasteiger partial charge is 0.337 e. The van der Waals surface area contributed by atoms with Gasteiger partial charge in [0.2, 0.25) is 0 Å². The summed E-state index contributed by atoms with van der Waals surface area (Å²) in [5.74, 6) is -0.336. The molecule has 1 aromatic carbocycles. The second-order valence-electron chi connectivity index (χ2n) is 4.08. The Bertz CT molecular complexity index is 426. The van der Waals surface area contributed by atoms with Crippen molar-refractivity contribution in [3.05, 3.63) is 33.8 Å². The molecule has 0 saturated carbocycles. The molecule has 0 radical (unpaired) electrons. The first-order chi connectivity index (χ1) is 9.69. The third-order valence-electron chi connectivity index (χ3n) is 2.64. The molecule has 1 N–H and O–H groups in total. The number of nitrogens with one attached hydrogen (secondary N) is 1. The van der Waals surface area contributed by atoms with E-state index < -0.39 is 0 Å². The van der Waals surface area contributed by atoms with E-state index in [-0.39, 0.29) is 5.97 Å². The molecular formula is C14H20BrNO4. The number of benzene rings is 1. The largest absolute Gasteiger partial charge is 0.465 e. The predicted octanol–water partition coefficient (Wildman–Crippen LogP) is 1.99. The zero-order valence-electron chi connectivity index (χ0n) is 11.8. The fourth-order valence-electron chi connectivity index (χ4n) is 1.55. The molecule has 1 rings (SSSR count). The summed E-state index contributed by atoms with van der Waals surface area (Å²) < 4.78 is 15.8. The van der Waals surface area contributed by atoms with Crippen molar-refractivity contribution in [3.63, 3.8) is 0 Å². The van der Waals surface area contributed by atoms with Crippen LogP contribution in [0, 0.1) is 0 Å². The standard InChI is InChI=1S/C14H20BrNO4/c1-18-7-8-20-6-5-16-10-12-4-3-11(9-13(12)15)14(17)19-2/h3-4,9,16H,5-8,10H2,1-2H3. The van der Waals surface area contributed by atoms with Crippen molar-refractivity contribution in [3.8, 4) is 0 Å². The first-order valence-electron chi connectivity index (χ1n) is 6.33. The van der Waals surface area contributed by atoms with Crippen LogP contribution in [0.4, 0.5) is 0 Å². The highest BCUT2D eigenvalue weighted by atomic mass is 79.9. The van der Waals surface area contributed by atoms with Gasteiger partial charge in [0.25, 0.3) is 0 Å². The van der Waals surface area contributed by atoms with Crippen molar-refractivity contribution in [1.82, 2.24) is 5.32 Å². The van der Waals surface area contributed by atoms with Crippen molar-refractivity contribution in [1.29, 1.82) is 0 Å². The van der Waals surface area contributed by atoms with Crippen LogP contribution >= 0.6 is 15.9 Å². The molecule has 0 saturated heterocycles. The van der Waals surface area contributed by atoms with Gasteiger partial charge in [-0.1, -0.05) is 22.0 Å². The monoisotopic (exact) mass is 345 g/mol. The highest BCUT2D eigenvalue weighted by molar-refractivity contribution is 9.10. The number of esters is 1. The van der Waals surface area contributed by atoms with E-state index in [9.17, 15) is 4.79 Å². The Morgan fingerprint density at radius 3 is 2.70 bits per heavy atom. The second kappa shape index (κ2) is 9.88. The molecule has 5 nitrogen and oxygen atoms in total. The summed E-state index contributed by atoms with van der Waals surface area (Å²) in [6.07, 6.45) is 0. The normalized spacial score (nSPS) is 10.6. The number of carbonyl (C=O) groups excluding carboxylic acids is 1. The van der Waals surface area contributed by atoms with Crippen LogP contribution < -0.4 is 5.32 Å². The zero-order valence-corrected chi connectivity index (χ0v) is 13.4. The number of hydrogen-bond acceptors (Lipinski definition) is 5. The van der Waals surface area contributed by atoms with Gasteiger partial charge in [0, 0.05) is 24.7 Å². The number of hydrogen-bond donors (Lipinski definition) is 1. The van der Waals surface area contributed by atoms with Gasteiger partial charge in [0.15, 0.2) is 0 Å². The molecule has 20 heavy (non-hydrogen) atoms. The summed E-state index contributed by atoms with van der Waals surface area (Å²) in [6.45, 7) is 3.32. The SMILES string of the molecule is COCCOCCNCc1ccc(C(=O)OC)cc1Br. The average molecular weight is 346 g/mol. The van der Waals surface area contributed by atoms with Gasteiger partial charge >= 0.3 is 5.97 Å². The van der Waals surface area contributed by atoms with Crippen molar-refractivity contribution < 1.29 is 19.0 Å². The van der Waals surface area contributed by atoms with Gasteiger partial charge in [-0.05, 0) is 17.7 Å². The Morgan fingerprint density at radius 2 is 2.05 bits per heavy atom. The topological polar surface area (TPSA) is 56.8 Å². The molecule has 6 heteroatoms. The van der Waals surface area contributed by atoms with Crippen LogP contribution in [0.15, 0.2) is 22.7 Å². The maximum atomic E-state index is 11.4. The summed E-state index contributed by atoms with van der Waals surface area (Å²) in [7, 11) is 3.02. The second-order valence-corrected chi connectivity index (χ2v) is 4.93. The Labute approximate surface area is 127 Å². The van der Waals surface area contributed by atoms with E-state index in [0.717, 1.165) is 16.6 Å². The van der Waals surface area contributed by atoms with Crippen molar-refractivity contribution in [2.24, 2.45) is 0 Å². The van der Waals surface area contributed by atoms with Gasteiger partial charge in [-0.15, -0.1) is 0 Å². The molecule has 0 aliphatic rings. The molecule has 0 bridgehead atoms. The number of carbonyl (C=O) groups is 1. The Hall–Kier alpha value is -0.950. The van der Waals surface area contributed by atoms with Crippen molar-refractivity contribution in [2.45, 2.75) is 6.54 Å². The molecule has 0 heterocycles. The van der Waals surface area contributed by atoms with Gasteiger partial charge in [0.1, 0.15) is 0 Å². The summed E-state index contributed by atoms with van der Waals surface area (Å²) in [5.41, 5.74) is 1.61. The van der Waals surface area contributed by atoms with Crippen molar-refractivity contribution in [2.75, 3.05) is 40.6 Å². The van der Waals surface area contributed by atoms with E-state index in [1.54, 1.807) is 19.2 Å². The highest BCUT2D eigenvalue weighted by Crippen LogP contribution is 2.19. The summed E-state index contributed by atoms with van der Waals surface area (Å²) in [4.78, 5) is 11.4. The maximum absolute atomic E-state index is 11.4. The fourth-order valence-corrected chi connectivity index (χ4v) is 2.07. The minimum absolute atomic E-state index is 0.336. The van der Waals surface area contributed by atoms with Gasteiger partial charge in [-0.25, -0.2) is 4.79 Å². The van der Waals surface area contributed by atoms with Crippen LogP contribution in [0.1, 0.15) is 15.9 Å². The lowest BCUT2D eigenvalue weighted by Gasteiger charge is -2.09. The lowest BCUT2D eigenvalue weighted by atomic mass is 10.1. The minimum Gasteiger partial charge on any atom is -0.465 e. The molecule has 112 valence electrons. The van der Waals surface area contributed by atoms with Gasteiger partial charge in [-0.3, -0.25) is 0 Å². The predicted molar refractivity (Wildman–Crippen MR) is 79.9 cm³/mol. The first kappa shape index (κ1) is 17.1. The zero-order chi connectivity index (χ0) is 14.8. The van der Waals surface area contributed by atoms with E-state index in [2.05, 4.69) is 26.0 Å². The van der Waals surface area contributed by atoms with Gasteiger partial charge in [0.05, 0.1) is 32.5 Å². The van der Waals surface area contributed by atoms with E-state index in [0.29, 0.717) is 31.9 Å². The molecule has 0 spiro atoms. The van der Waals surface area contributed by atoms with Crippen molar-refractivity contribution >= 4 is 21.9 Å². The highest BCUT2D eigenvalue weighted by Gasteiger charge is 2.08. The fraction of sp³-hybridized carbons (Fsp3) is 0.500. The van der Waals surface area contributed by atoms with E-state index in [1.807, 2.05) is 6.07 Å². The lowest BCUT2D eigenvalue weighted by molar-refractivity contribution is 0.0600. The quantitative estimate of drug-likeness (QED) is 0.547. The van der Waals surface area contributed by atoms with Crippen LogP contribution in [0.25, 0.3) is 0 Å². The average Bonchev–Trinajstić information content (AvgIpc) is 2.46. The van der Waals surface area contributed by atoms with E-state index >= 15 is 0 Å². The molecular weight excluding hydrogens is 326 g/mol. The van der Waals surface area contributed by atoms with Gasteiger partial charge in [-0.2, -0.15) is 0 Å². The number of halogens is 1. The van der Waals surface area contributed by atoms with Crippen LogP contribution in [0.5, 0.6) is 0 Å². The first-order valence-corrected chi connectivity index (χ1v) is 7.12. The molecule has 0 aromatic heterocycles. The van der Waals surface area contributed by atoms with Crippen LogP contribution in [-0.4, -0.2) is 46.6 Å². The molecule has 1 aromatic rings. The van der Waals surface area contributed by atoms with Gasteiger partial charge < -0.3 is 19.5 Å². The number of ether oxygens (including phenoxy) is 3.